The van der Waals surface area contributed by atoms with E-state index in [1.165, 1.54) is 6.08 Å². The SMILES string of the molecule is O=C(/C=C/c1cc(F)ccc1F)N[C@H](CO)c1cccc(CN2CCOCC2)c1. The van der Waals surface area contributed by atoms with Gasteiger partial charge >= 0.3 is 0 Å². The Kier molecular flexibility index (Phi) is 7.46. The molecule has 0 aliphatic carbocycles. The second kappa shape index (κ2) is 10.2. The minimum absolute atomic E-state index is 0.0202. The van der Waals surface area contributed by atoms with Gasteiger partial charge in [-0.25, -0.2) is 8.78 Å². The molecule has 2 aromatic rings. The third kappa shape index (κ3) is 6.19. The Bertz CT molecular complexity index is 867. The summed E-state index contributed by atoms with van der Waals surface area (Å²) in [4.78, 5) is 14.5. The molecule has 0 bridgehead atoms. The first-order valence-electron chi connectivity index (χ1n) is 9.48. The third-order valence-electron chi connectivity index (χ3n) is 4.73. The fourth-order valence-corrected chi connectivity index (χ4v) is 3.19. The Labute approximate surface area is 168 Å². The number of hydrogen-bond acceptors (Lipinski definition) is 4. The molecule has 1 heterocycles. The highest BCUT2D eigenvalue weighted by molar-refractivity contribution is 5.92. The first-order valence-corrected chi connectivity index (χ1v) is 9.48. The summed E-state index contributed by atoms with van der Waals surface area (Å²) < 4.78 is 32.2. The zero-order valence-corrected chi connectivity index (χ0v) is 16.0. The van der Waals surface area contributed by atoms with Crippen molar-refractivity contribution in [2.75, 3.05) is 32.9 Å². The zero-order valence-electron chi connectivity index (χ0n) is 16.0. The number of amides is 1. The van der Waals surface area contributed by atoms with Crippen molar-refractivity contribution >= 4 is 12.0 Å². The lowest BCUT2D eigenvalue weighted by Crippen LogP contribution is -2.35. The lowest BCUT2D eigenvalue weighted by atomic mass is 10.0. The van der Waals surface area contributed by atoms with Crippen molar-refractivity contribution in [1.29, 1.82) is 0 Å². The summed E-state index contributed by atoms with van der Waals surface area (Å²) in [5.41, 5.74) is 1.83. The average Bonchev–Trinajstić information content (AvgIpc) is 2.73. The van der Waals surface area contributed by atoms with Crippen LogP contribution in [-0.4, -0.2) is 48.8 Å². The van der Waals surface area contributed by atoms with Gasteiger partial charge < -0.3 is 15.2 Å². The molecule has 3 rings (SSSR count). The Morgan fingerprint density at radius 2 is 2.00 bits per heavy atom. The largest absolute Gasteiger partial charge is 0.394 e. The van der Waals surface area contributed by atoms with Crippen LogP contribution in [0.4, 0.5) is 8.78 Å². The van der Waals surface area contributed by atoms with Crippen LogP contribution in [0.5, 0.6) is 0 Å². The van der Waals surface area contributed by atoms with Gasteiger partial charge in [-0.3, -0.25) is 9.69 Å². The van der Waals surface area contributed by atoms with Gasteiger partial charge in [-0.2, -0.15) is 0 Å². The normalized spacial score (nSPS) is 16.1. The summed E-state index contributed by atoms with van der Waals surface area (Å²) in [5, 5.41) is 12.4. The molecule has 1 fully saturated rings. The predicted molar refractivity (Wildman–Crippen MR) is 106 cm³/mol. The van der Waals surface area contributed by atoms with Crippen molar-refractivity contribution in [1.82, 2.24) is 10.2 Å². The van der Waals surface area contributed by atoms with Crippen LogP contribution in [0.25, 0.3) is 6.08 Å². The molecule has 0 saturated carbocycles. The highest BCUT2D eigenvalue weighted by Crippen LogP contribution is 2.17. The van der Waals surface area contributed by atoms with Gasteiger partial charge in [-0.1, -0.05) is 24.3 Å². The molecule has 0 radical (unpaired) electrons. The quantitative estimate of drug-likeness (QED) is 0.699. The van der Waals surface area contributed by atoms with Crippen molar-refractivity contribution in [3.8, 4) is 0 Å². The summed E-state index contributed by atoms with van der Waals surface area (Å²) in [6, 6.07) is 10.1. The number of nitrogens with zero attached hydrogens (tertiary/aromatic N) is 1. The monoisotopic (exact) mass is 402 g/mol. The van der Waals surface area contributed by atoms with E-state index in [1.807, 2.05) is 24.3 Å². The molecule has 0 aromatic heterocycles. The molecule has 154 valence electrons. The van der Waals surface area contributed by atoms with Crippen molar-refractivity contribution < 1.29 is 23.4 Å². The number of carbonyl (C=O) groups is 1. The van der Waals surface area contributed by atoms with Crippen LogP contribution in [-0.2, 0) is 16.1 Å². The highest BCUT2D eigenvalue weighted by Gasteiger charge is 2.15. The summed E-state index contributed by atoms with van der Waals surface area (Å²) >= 11 is 0. The number of ether oxygens (including phenoxy) is 1. The molecular formula is C22H24F2N2O3. The van der Waals surface area contributed by atoms with E-state index in [0.29, 0.717) is 13.2 Å². The molecular weight excluding hydrogens is 378 g/mol. The first kappa shape index (κ1) is 21.1. The standard InChI is InChI=1S/C22H24F2N2O3/c23-19-5-6-20(24)17(13-19)4-7-22(28)25-21(15-27)18-3-1-2-16(12-18)14-26-8-10-29-11-9-26/h1-7,12-13,21,27H,8-11,14-15H2,(H,25,28)/b7-4+/t21-/m1/s1. The maximum Gasteiger partial charge on any atom is 0.244 e. The van der Waals surface area contributed by atoms with E-state index in [9.17, 15) is 18.7 Å². The summed E-state index contributed by atoms with van der Waals surface area (Å²) in [6.45, 7) is 3.65. The first-order chi connectivity index (χ1) is 14.0. The number of benzene rings is 2. The fourth-order valence-electron chi connectivity index (χ4n) is 3.19. The molecule has 1 saturated heterocycles. The molecule has 0 unspecified atom stereocenters. The van der Waals surface area contributed by atoms with Gasteiger partial charge in [0.25, 0.3) is 0 Å². The van der Waals surface area contributed by atoms with Gasteiger partial charge in [0.05, 0.1) is 25.9 Å². The molecule has 1 amide bonds. The molecule has 7 heteroatoms. The van der Waals surface area contributed by atoms with Crippen LogP contribution in [0.1, 0.15) is 22.7 Å². The summed E-state index contributed by atoms with van der Waals surface area (Å²) in [5.74, 6) is -1.71. The smallest absolute Gasteiger partial charge is 0.244 e. The van der Waals surface area contributed by atoms with Gasteiger partial charge in [0.2, 0.25) is 5.91 Å². The van der Waals surface area contributed by atoms with E-state index in [1.54, 1.807) is 0 Å². The van der Waals surface area contributed by atoms with E-state index < -0.39 is 23.6 Å². The number of aliphatic hydroxyl groups is 1. The average molecular weight is 402 g/mol. The minimum Gasteiger partial charge on any atom is -0.394 e. The summed E-state index contributed by atoms with van der Waals surface area (Å²) in [6.07, 6.45) is 2.33. The maximum atomic E-state index is 13.6. The number of carbonyl (C=O) groups excluding carboxylic acids is 1. The van der Waals surface area contributed by atoms with E-state index in [4.69, 9.17) is 4.74 Å². The molecule has 1 aliphatic heterocycles. The fraction of sp³-hybridized carbons (Fsp3) is 0.318. The maximum absolute atomic E-state index is 13.6. The van der Waals surface area contributed by atoms with Crippen LogP contribution in [0.15, 0.2) is 48.5 Å². The van der Waals surface area contributed by atoms with Crippen molar-refractivity contribution in [3.05, 3.63) is 76.9 Å². The number of nitrogens with one attached hydrogen (secondary N) is 1. The lowest BCUT2D eigenvalue weighted by Gasteiger charge is -2.27. The predicted octanol–water partition coefficient (Wildman–Crippen LogP) is 2.66. The van der Waals surface area contributed by atoms with Gasteiger partial charge in [-0.05, 0) is 35.4 Å². The topological polar surface area (TPSA) is 61.8 Å². The number of aliphatic hydroxyl groups excluding tert-OH is 1. The van der Waals surface area contributed by atoms with Gasteiger partial charge in [0, 0.05) is 31.3 Å². The van der Waals surface area contributed by atoms with E-state index in [-0.39, 0.29) is 12.2 Å². The van der Waals surface area contributed by atoms with Crippen LogP contribution < -0.4 is 5.32 Å². The molecule has 5 nitrogen and oxygen atoms in total. The lowest BCUT2D eigenvalue weighted by molar-refractivity contribution is -0.117. The van der Waals surface area contributed by atoms with Crippen LogP contribution in [0, 0.1) is 11.6 Å². The summed E-state index contributed by atoms with van der Waals surface area (Å²) in [7, 11) is 0. The van der Waals surface area contributed by atoms with Gasteiger partial charge in [0.15, 0.2) is 0 Å². The molecule has 2 aromatic carbocycles. The zero-order chi connectivity index (χ0) is 20.6. The van der Waals surface area contributed by atoms with Crippen molar-refractivity contribution in [3.63, 3.8) is 0 Å². The minimum atomic E-state index is -0.620. The molecule has 2 N–H and O–H groups in total. The number of rotatable bonds is 7. The van der Waals surface area contributed by atoms with Crippen LogP contribution >= 0.6 is 0 Å². The van der Waals surface area contributed by atoms with E-state index in [0.717, 1.165) is 55.0 Å². The van der Waals surface area contributed by atoms with Crippen LogP contribution in [0.2, 0.25) is 0 Å². The second-order valence-electron chi connectivity index (χ2n) is 6.88. The number of hydrogen-bond donors (Lipinski definition) is 2. The van der Waals surface area contributed by atoms with Crippen molar-refractivity contribution in [2.24, 2.45) is 0 Å². The Morgan fingerprint density at radius 1 is 1.21 bits per heavy atom. The second-order valence-corrected chi connectivity index (χ2v) is 6.88. The van der Waals surface area contributed by atoms with Crippen LogP contribution in [0.3, 0.4) is 0 Å². The third-order valence-corrected chi connectivity index (χ3v) is 4.73. The molecule has 29 heavy (non-hydrogen) atoms. The van der Waals surface area contributed by atoms with E-state index in [2.05, 4.69) is 10.2 Å². The molecule has 1 atom stereocenters. The number of halogens is 2. The molecule has 0 spiro atoms. The van der Waals surface area contributed by atoms with Gasteiger partial charge in [-0.15, -0.1) is 0 Å². The number of morpholine rings is 1. The Morgan fingerprint density at radius 3 is 2.76 bits per heavy atom. The Hall–Kier alpha value is -2.61. The van der Waals surface area contributed by atoms with Gasteiger partial charge in [0.1, 0.15) is 11.6 Å². The highest BCUT2D eigenvalue weighted by atomic mass is 19.1. The van der Waals surface area contributed by atoms with Crippen molar-refractivity contribution in [2.45, 2.75) is 12.6 Å². The Balaban J connectivity index is 1.64. The van der Waals surface area contributed by atoms with E-state index >= 15 is 0 Å². The molecule has 1 aliphatic rings.